The third kappa shape index (κ3) is 3.42. The van der Waals surface area contributed by atoms with Crippen LogP contribution in [0.5, 0.6) is 0 Å². The number of sulfonamides is 1. The molecular weight excluding hydrogens is 290 g/mol. The molecular formula is C14H21N3O3S. The minimum Gasteiger partial charge on any atom is -0.329 e. The maximum atomic E-state index is 12.3. The Kier molecular flexibility index (Phi) is 4.65. The average Bonchev–Trinajstić information content (AvgIpc) is 2.45. The highest BCUT2D eigenvalue weighted by Gasteiger charge is 2.23. The Morgan fingerprint density at radius 3 is 2.81 bits per heavy atom. The van der Waals surface area contributed by atoms with Crippen LogP contribution < -0.4 is 15.4 Å². The largest absolute Gasteiger partial charge is 0.329 e. The van der Waals surface area contributed by atoms with Crippen LogP contribution in [0, 0.1) is 0 Å². The van der Waals surface area contributed by atoms with Gasteiger partial charge >= 0.3 is 0 Å². The van der Waals surface area contributed by atoms with Crippen molar-refractivity contribution in [3.05, 3.63) is 23.8 Å². The monoisotopic (exact) mass is 311 g/mol. The second-order valence-electron chi connectivity index (χ2n) is 5.32. The lowest BCUT2D eigenvalue weighted by molar-refractivity contribution is -0.116. The van der Waals surface area contributed by atoms with E-state index in [1.807, 2.05) is 0 Å². The second kappa shape index (κ2) is 6.13. The van der Waals surface area contributed by atoms with Crippen LogP contribution in [0.25, 0.3) is 0 Å². The van der Waals surface area contributed by atoms with Crippen molar-refractivity contribution in [1.82, 2.24) is 4.72 Å². The predicted molar refractivity (Wildman–Crippen MR) is 81.6 cm³/mol. The number of benzene rings is 1. The molecule has 1 aromatic rings. The van der Waals surface area contributed by atoms with Crippen LogP contribution in [-0.4, -0.2) is 33.5 Å². The molecule has 0 radical (unpaired) electrons. The maximum Gasteiger partial charge on any atom is 0.240 e. The van der Waals surface area contributed by atoms with Crippen LogP contribution in [0.2, 0.25) is 0 Å². The lowest BCUT2D eigenvalue weighted by atomic mass is 10.0. The van der Waals surface area contributed by atoms with Gasteiger partial charge < -0.3 is 10.6 Å². The smallest absolute Gasteiger partial charge is 0.240 e. The van der Waals surface area contributed by atoms with E-state index in [-0.39, 0.29) is 23.4 Å². The lowest BCUT2D eigenvalue weighted by Crippen LogP contribution is -2.38. The summed E-state index contributed by atoms with van der Waals surface area (Å²) in [5, 5.41) is 0. The fourth-order valence-corrected chi connectivity index (χ4v) is 3.76. The molecule has 1 atom stereocenters. The molecule has 0 bridgehead atoms. The average molecular weight is 311 g/mol. The van der Waals surface area contributed by atoms with E-state index in [2.05, 4.69) is 4.72 Å². The molecule has 0 saturated carbocycles. The van der Waals surface area contributed by atoms with Crippen molar-refractivity contribution in [2.45, 2.75) is 37.6 Å². The zero-order valence-electron chi connectivity index (χ0n) is 12.3. The van der Waals surface area contributed by atoms with Crippen molar-refractivity contribution in [3.63, 3.8) is 0 Å². The summed E-state index contributed by atoms with van der Waals surface area (Å²) >= 11 is 0. The number of aryl methyl sites for hydroxylation is 1. The molecule has 6 nitrogen and oxygen atoms in total. The van der Waals surface area contributed by atoms with E-state index in [1.165, 1.54) is 13.0 Å². The number of amides is 1. The molecule has 2 rings (SSSR count). The minimum absolute atomic E-state index is 0.0264. The SMILES string of the molecule is CC(=O)N1CCCc2cc(S(=O)(=O)N[C@H](C)CN)ccc21. The molecule has 1 aliphatic heterocycles. The number of hydrogen-bond acceptors (Lipinski definition) is 4. The molecule has 7 heteroatoms. The molecule has 3 N–H and O–H groups in total. The molecule has 1 amide bonds. The first-order valence-electron chi connectivity index (χ1n) is 6.98. The van der Waals surface area contributed by atoms with E-state index in [1.54, 1.807) is 24.0 Å². The Morgan fingerprint density at radius 1 is 1.48 bits per heavy atom. The van der Waals surface area contributed by atoms with E-state index >= 15 is 0 Å². The molecule has 0 aromatic heterocycles. The van der Waals surface area contributed by atoms with Gasteiger partial charge in [-0.05, 0) is 43.5 Å². The van der Waals surface area contributed by atoms with Gasteiger partial charge in [0.2, 0.25) is 15.9 Å². The standard InChI is InChI=1S/C14H21N3O3S/c1-10(9-15)16-21(19,20)13-5-6-14-12(8-13)4-3-7-17(14)11(2)18/h5-6,8,10,16H,3-4,7,9,15H2,1-2H3/t10-/m1/s1. The number of carbonyl (C=O) groups excluding carboxylic acids is 1. The number of fused-ring (bicyclic) bond motifs is 1. The van der Waals surface area contributed by atoms with Gasteiger partial charge in [-0.25, -0.2) is 13.1 Å². The van der Waals surface area contributed by atoms with Gasteiger partial charge in [-0.2, -0.15) is 0 Å². The summed E-state index contributed by atoms with van der Waals surface area (Å²) in [4.78, 5) is 13.5. The highest BCUT2D eigenvalue weighted by atomic mass is 32.2. The maximum absolute atomic E-state index is 12.3. The molecule has 1 aromatic carbocycles. The first-order chi connectivity index (χ1) is 9.85. The Labute approximate surface area is 125 Å². The van der Waals surface area contributed by atoms with Gasteiger partial charge in [0.25, 0.3) is 0 Å². The Bertz CT molecular complexity index is 643. The number of carbonyl (C=O) groups is 1. The van der Waals surface area contributed by atoms with E-state index in [0.717, 1.165) is 24.1 Å². The lowest BCUT2D eigenvalue weighted by Gasteiger charge is -2.29. The van der Waals surface area contributed by atoms with E-state index < -0.39 is 10.0 Å². The first-order valence-corrected chi connectivity index (χ1v) is 8.47. The fraction of sp³-hybridized carbons (Fsp3) is 0.500. The van der Waals surface area contributed by atoms with Crippen molar-refractivity contribution in [2.75, 3.05) is 18.0 Å². The number of nitrogens with two attached hydrogens (primary N) is 1. The van der Waals surface area contributed by atoms with Crippen molar-refractivity contribution in [1.29, 1.82) is 0 Å². The first kappa shape index (κ1) is 15.9. The minimum atomic E-state index is -3.58. The Hall–Kier alpha value is -1.44. The van der Waals surface area contributed by atoms with Crippen molar-refractivity contribution >= 4 is 21.6 Å². The van der Waals surface area contributed by atoms with Crippen molar-refractivity contribution < 1.29 is 13.2 Å². The third-order valence-electron chi connectivity index (χ3n) is 3.57. The second-order valence-corrected chi connectivity index (χ2v) is 7.04. The predicted octanol–water partition coefficient (Wildman–Crippen LogP) is 0.611. The molecule has 21 heavy (non-hydrogen) atoms. The van der Waals surface area contributed by atoms with Crippen LogP contribution in [0.1, 0.15) is 25.8 Å². The summed E-state index contributed by atoms with van der Waals surface area (Å²) in [6.07, 6.45) is 1.61. The number of anilines is 1. The van der Waals surface area contributed by atoms with Gasteiger partial charge in [-0.15, -0.1) is 0 Å². The summed E-state index contributed by atoms with van der Waals surface area (Å²) < 4.78 is 27.0. The number of hydrogen-bond donors (Lipinski definition) is 2. The molecule has 116 valence electrons. The molecule has 1 heterocycles. The highest BCUT2D eigenvalue weighted by molar-refractivity contribution is 7.89. The zero-order valence-corrected chi connectivity index (χ0v) is 13.1. The van der Waals surface area contributed by atoms with Gasteiger partial charge in [0, 0.05) is 31.7 Å². The molecule has 0 aliphatic carbocycles. The Morgan fingerprint density at radius 2 is 2.19 bits per heavy atom. The van der Waals surface area contributed by atoms with Crippen LogP contribution in [-0.2, 0) is 21.2 Å². The molecule has 1 aliphatic rings. The summed E-state index contributed by atoms with van der Waals surface area (Å²) in [6.45, 7) is 4.15. The molecule has 0 saturated heterocycles. The third-order valence-corrected chi connectivity index (χ3v) is 5.16. The topological polar surface area (TPSA) is 92.5 Å². The van der Waals surface area contributed by atoms with Gasteiger partial charge in [-0.1, -0.05) is 0 Å². The fourth-order valence-electron chi connectivity index (χ4n) is 2.45. The summed E-state index contributed by atoms with van der Waals surface area (Å²) in [5.74, 6) is -0.0264. The van der Waals surface area contributed by atoms with Crippen LogP contribution in [0.15, 0.2) is 23.1 Å². The number of rotatable bonds is 4. The summed E-state index contributed by atoms with van der Waals surface area (Å²) in [5.41, 5.74) is 7.14. The van der Waals surface area contributed by atoms with Gasteiger partial charge in [-0.3, -0.25) is 4.79 Å². The molecule has 0 fully saturated rings. The molecule has 0 spiro atoms. The zero-order chi connectivity index (χ0) is 15.6. The van der Waals surface area contributed by atoms with Crippen LogP contribution >= 0.6 is 0 Å². The van der Waals surface area contributed by atoms with Gasteiger partial charge in [0.1, 0.15) is 0 Å². The highest BCUT2D eigenvalue weighted by Crippen LogP contribution is 2.29. The van der Waals surface area contributed by atoms with Crippen molar-refractivity contribution in [2.24, 2.45) is 5.73 Å². The van der Waals surface area contributed by atoms with Crippen LogP contribution in [0.4, 0.5) is 5.69 Å². The van der Waals surface area contributed by atoms with Gasteiger partial charge in [0.15, 0.2) is 0 Å². The van der Waals surface area contributed by atoms with E-state index in [4.69, 9.17) is 5.73 Å². The summed E-state index contributed by atoms with van der Waals surface area (Å²) in [6, 6.07) is 4.57. The van der Waals surface area contributed by atoms with E-state index in [9.17, 15) is 13.2 Å². The number of nitrogens with zero attached hydrogens (tertiary/aromatic N) is 1. The van der Waals surface area contributed by atoms with E-state index in [0.29, 0.717) is 6.54 Å². The summed E-state index contributed by atoms with van der Waals surface area (Å²) in [7, 11) is -3.58. The Balaban J connectivity index is 2.35. The quantitative estimate of drug-likeness (QED) is 0.852. The van der Waals surface area contributed by atoms with Crippen molar-refractivity contribution in [3.8, 4) is 0 Å². The van der Waals surface area contributed by atoms with Gasteiger partial charge in [0.05, 0.1) is 4.90 Å². The molecule has 0 unspecified atom stereocenters. The van der Waals surface area contributed by atoms with Crippen LogP contribution in [0.3, 0.4) is 0 Å². The normalized spacial score (nSPS) is 16.4. The number of nitrogens with one attached hydrogen (secondary N) is 1.